The number of ether oxygens (including phenoxy) is 2. The van der Waals surface area contributed by atoms with Gasteiger partial charge in [-0.15, -0.1) is 0 Å². The molecule has 0 aliphatic carbocycles. The van der Waals surface area contributed by atoms with E-state index in [1.165, 1.54) is 0 Å². The minimum absolute atomic E-state index is 0.110. The van der Waals surface area contributed by atoms with E-state index >= 15 is 0 Å². The van der Waals surface area contributed by atoms with Gasteiger partial charge in [0.25, 0.3) is 0 Å². The maximum atomic E-state index is 12.4. The second-order valence-electron chi connectivity index (χ2n) is 7.51. The molecule has 0 saturated carbocycles. The summed E-state index contributed by atoms with van der Waals surface area (Å²) < 4.78 is 11.7. The molecule has 4 rings (SSSR count). The van der Waals surface area contributed by atoms with Gasteiger partial charge in [0.2, 0.25) is 11.8 Å². The maximum absolute atomic E-state index is 12.4. The van der Waals surface area contributed by atoms with Gasteiger partial charge in [-0.2, -0.15) is 0 Å². The number of carbonyl (C=O) groups is 1. The van der Waals surface area contributed by atoms with Crippen molar-refractivity contribution in [2.24, 2.45) is 0 Å². The average molecular weight is 439 g/mol. The number of amides is 1. The van der Waals surface area contributed by atoms with E-state index in [4.69, 9.17) is 9.47 Å². The van der Waals surface area contributed by atoms with Crippen LogP contribution in [0.15, 0.2) is 103 Å². The standard InChI is InChI=1S/C28H26N2O3/c1-2-32-25-16-13-21(14-17-25)19-26(31)30-24-15-18-27(29-20-24)33-28(22-9-5-3-6-10-22)23-11-7-4-8-12-23/h3-18,20,28H,2,19H2,1H3,(H,30,31). The Morgan fingerprint density at radius 2 is 1.48 bits per heavy atom. The Morgan fingerprint density at radius 3 is 2.03 bits per heavy atom. The zero-order valence-corrected chi connectivity index (χ0v) is 18.5. The predicted octanol–water partition coefficient (Wildman–Crippen LogP) is 5.83. The molecule has 0 saturated heterocycles. The summed E-state index contributed by atoms with van der Waals surface area (Å²) in [6, 6.07) is 31.2. The third-order valence-electron chi connectivity index (χ3n) is 5.06. The molecule has 33 heavy (non-hydrogen) atoms. The highest BCUT2D eigenvalue weighted by atomic mass is 16.5. The van der Waals surface area contributed by atoms with E-state index < -0.39 is 0 Å². The second kappa shape index (κ2) is 11.0. The number of nitrogens with zero attached hydrogens (tertiary/aromatic N) is 1. The van der Waals surface area contributed by atoms with Crippen LogP contribution >= 0.6 is 0 Å². The molecule has 1 N–H and O–H groups in total. The number of anilines is 1. The molecule has 5 nitrogen and oxygen atoms in total. The minimum atomic E-state index is -0.278. The Balaban J connectivity index is 1.40. The van der Waals surface area contributed by atoms with Crippen LogP contribution in [-0.2, 0) is 11.2 Å². The van der Waals surface area contributed by atoms with E-state index in [1.807, 2.05) is 91.9 Å². The molecule has 4 aromatic rings. The van der Waals surface area contributed by atoms with Gasteiger partial charge in [-0.1, -0.05) is 72.8 Å². The van der Waals surface area contributed by atoms with Crippen molar-refractivity contribution in [3.63, 3.8) is 0 Å². The fraction of sp³-hybridized carbons (Fsp3) is 0.143. The summed E-state index contributed by atoms with van der Waals surface area (Å²) in [6.07, 6.45) is 1.60. The van der Waals surface area contributed by atoms with Gasteiger partial charge in [0.15, 0.2) is 6.10 Å². The Bertz CT molecular complexity index is 1110. The summed E-state index contributed by atoms with van der Waals surface area (Å²) in [4.78, 5) is 16.8. The molecule has 0 radical (unpaired) electrons. The molecule has 1 aromatic heterocycles. The number of rotatable bonds is 9. The normalized spacial score (nSPS) is 10.6. The summed E-state index contributed by atoms with van der Waals surface area (Å²) in [5.74, 6) is 1.17. The molecule has 1 heterocycles. The van der Waals surface area contributed by atoms with Gasteiger partial charge in [-0.3, -0.25) is 4.79 Å². The van der Waals surface area contributed by atoms with Crippen molar-refractivity contribution in [1.82, 2.24) is 4.98 Å². The topological polar surface area (TPSA) is 60.5 Å². The molecule has 0 aliphatic rings. The fourth-order valence-corrected chi connectivity index (χ4v) is 3.49. The lowest BCUT2D eigenvalue weighted by Crippen LogP contribution is -2.15. The predicted molar refractivity (Wildman–Crippen MR) is 130 cm³/mol. The van der Waals surface area contributed by atoms with Crippen molar-refractivity contribution in [2.45, 2.75) is 19.4 Å². The smallest absolute Gasteiger partial charge is 0.228 e. The summed E-state index contributed by atoms with van der Waals surface area (Å²) in [7, 11) is 0. The third kappa shape index (κ3) is 6.20. The number of benzene rings is 3. The van der Waals surface area contributed by atoms with E-state index in [9.17, 15) is 4.79 Å². The molecule has 166 valence electrons. The van der Waals surface area contributed by atoms with Crippen LogP contribution < -0.4 is 14.8 Å². The molecule has 0 fully saturated rings. The molecule has 5 heteroatoms. The van der Waals surface area contributed by atoms with Crippen LogP contribution in [0.2, 0.25) is 0 Å². The first-order chi connectivity index (χ1) is 16.2. The molecule has 1 amide bonds. The molecule has 0 aliphatic heterocycles. The molecule has 3 aromatic carbocycles. The number of aromatic nitrogens is 1. The van der Waals surface area contributed by atoms with Gasteiger partial charge in [0.05, 0.1) is 24.9 Å². The summed E-state index contributed by atoms with van der Waals surface area (Å²) in [5.41, 5.74) is 3.61. The fourth-order valence-electron chi connectivity index (χ4n) is 3.49. The molecule has 0 atom stereocenters. The zero-order chi connectivity index (χ0) is 22.9. The van der Waals surface area contributed by atoms with E-state index in [0.29, 0.717) is 18.2 Å². The lowest BCUT2D eigenvalue weighted by Gasteiger charge is -2.19. The van der Waals surface area contributed by atoms with Gasteiger partial charge in [0, 0.05) is 6.07 Å². The van der Waals surface area contributed by atoms with Gasteiger partial charge >= 0.3 is 0 Å². The molecule has 0 bridgehead atoms. The number of carbonyl (C=O) groups excluding carboxylic acids is 1. The highest BCUT2D eigenvalue weighted by Crippen LogP contribution is 2.27. The van der Waals surface area contributed by atoms with E-state index in [0.717, 1.165) is 22.4 Å². The van der Waals surface area contributed by atoms with Gasteiger partial charge < -0.3 is 14.8 Å². The SMILES string of the molecule is CCOc1ccc(CC(=O)Nc2ccc(OC(c3ccccc3)c3ccccc3)nc2)cc1. The first kappa shape index (κ1) is 22.1. The van der Waals surface area contributed by atoms with Crippen LogP contribution in [0.3, 0.4) is 0 Å². The maximum Gasteiger partial charge on any atom is 0.228 e. The molecule has 0 unspecified atom stereocenters. The number of hydrogen-bond donors (Lipinski definition) is 1. The molecular weight excluding hydrogens is 412 g/mol. The minimum Gasteiger partial charge on any atom is -0.494 e. The lowest BCUT2D eigenvalue weighted by molar-refractivity contribution is -0.115. The Kier molecular flexibility index (Phi) is 7.33. The average Bonchev–Trinajstić information content (AvgIpc) is 2.86. The van der Waals surface area contributed by atoms with E-state index in [1.54, 1.807) is 18.3 Å². The van der Waals surface area contributed by atoms with Gasteiger partial charge in [-0.05, 0) is 41.8 Å². The van der Waals surface area contributed by atoms with Crippen molar-refractivity contribution in [1.29, 1.82) is 0 Å². The largest absolute Gasteiger partial charge is 0.494 e. The Morgan fingerprint density at radius 1 is 0.848 bits per heavy atom. The first-order valence-electron chi connectivity index (χ1n) is 11.0. The van der Waals surface area contributed by atoms with Crippen molar-refractivity contribution in [2.75, 3.05) is 11.9 Å². The first-order valence-corrected chi connectivity index (χ1v) is 11.0. The molecule has 0 spiro atoms. The Hall–Kier alpha value is -4.12. The zero-order valence-electron chi connectivity index (χ0n) is 18.5. The van der Waals surface area contributed by atoms with E-state index in [2.05, 4.69) is 10.3 Å². The van der Waals surface area contributed by atoms with Gasteiger partial charge in [0.1, 0.15) is 5.75 Å². The third-order valence-corrected chi connectivity index (χ3v) is 5.06. The van der Waals surface area contributed by atoms with Crippen LogP contribution in [0.1, 0.15) is 29.7 Å². The van der Waals surface area contributed by atoms with Crippen molar-refractivity contribution >= 4 is 11.6 Å². The van der Waals surface area contributed by atoms with Crippen LogP contribution in [0, 0.1) is 0 Å². The Labute approximate surface area is 194 Å². The van der Waals surface area contributed by atoms with Gasteiger partial charge in [-0.25, -0.2) is 4.98 Å². The number of hydrogen-bond acceptors (Lipinski definition) is 4. The van der Waals surface area contributed by atoms with Crippen molar-refractivity contribution < 1.29 is 14.3 Å². The number of pyridine rings is 1. The van der Waals surface area contributed by atoms with E-state index in [-0.39, 0.29) is 18.4 Å². The van der Waals surface area contributed by atoms with Crippen LogP contribution in [0.5, 0.6) is 11.6 Å². The van der Waals surface area contributed by atoms with Crippen LogP contribution in [-0.4, -0.2) is 17.5 Å². The summed E-state index contributed by atoms with van der Waals surface area (Å²) in [5, 5.41) is 2.89. The quantitative estimate of drug-likeness (QED) is 0.357. The summed E-state index contributed by atoms with van der Waals surface area (Å²) >= 11 is 0. The highest BCUT2D eigenvalue weighted by molar-refractivity contribution is 5.92. The monoisotopic (exact) mass is 438 g/mol. The second-order valence-corrected chi connectivity index (χ2v) is 7.51. The lowest BCUT2D eigenvalue weighted by atomic mass is 10.0. The summed E-state index contributed by atoms with van der Waals surface area (Å²) in [6.45, 7) is 2.55. The van der Waals surface area contributed by atoms with Crippen molar-refractivity contribution in [3.8, 4) is 11.6 Å². The van der Waals surface area contributed by atoms with Crippen molar-refractivity contribution in [3.05, 3.63) is 120 Å². The highest BCUT2D eigenvalue weighted by Gasteiger charge is 2.16. The number of nitrogens with one attached hydrogen (secondary N) is 1. The van der Waals surface area contributed by atoms with Crippen LogP contribution in [0.4, 0.5) is 5.69 Å². The van der Waals surface area contributed by atoms with Crippen LogP contribution in [0.25, 0.3) is 0 Å². The molecular formula is C28H26N2O3.